The van der Waals surface area contributed by atoms with Crippen molar-refractivity contribution in [2.75, 3.05) is 41.7 Å². The standard InChI is InChI=1S/C28H33N7O2/c1-19(26(29)36)31-22-7-5-20(6-8-22)25-13-14-30-28(33-25)32-23-9-11-24(12-10-23)34-15-17-35(18-16-34)27(37)21-3-2-4-21/h5-14,19,21,31H,2-4,15-18H2,1H3,(H2,29,36)(H,30,32,33)/t19-/m1/s1. The molecule has 1 aromatic heterocycles. The van der Waals surface area contributed by atoms with E-state index in [4.69, 9.17) is 5.73 Å². The number of carbonyl (C=O) groups excluding carboxylic acids is 2. The summed E-state index contributed by atoms with van der Waals surface area (Å²) in [5.74, 6) is 0.726. The smallest absolute Gasteiger partial charge is 0.239 e. The van der Waals surface area contributed by atoms with Gasteiger partial charge in [0.05, 0.1) is 5.69 Å². The zero-order valence-corrected chi connectivity index (χ0v) is 21.1. The molecule has 1 saturated heterocycles. The van der Waals surface area contributed by atoms with Gasteiger partial charge in [-0.1, -0.05) is 18.6 Å². The highest BCUT2D eigenvalue weighted by molar-refractivity contribution is 5.82. The van der Waals surface area contributed by atoms with Crippen LogP contribution in [0.15, 0.2) is 60.8 Å². The Bertz CT molecular complexity index is 1230. The molecule has 4 N–H and O–H groups in total. The third-order valence-corrected chi connectivity index (χ3v) is 7.18. The second-order valence-electron chi connectivity index (χ2n) is 9.72. The van der Waals surface area contributed by atoms with E-state index in [0.29, 0.717) is 11.9 Å². The van der Waals surface area contributed by atoms with E-state index >= 15 is 0 Å². The maximum Gasteiger partial charge on any atom is 0.239 e. The highest BCUT2D eigenvalue weighted by Crippen LogP contribution is 2.29. The third kappa shape index (κ3) is 5.82. The number of hydrogen-bond acceptors (Lipinski definition) is 7. The number of piperazine rings is 1. The summed E-state index contributed by atoms with van der Waals surface area (Å²) < 4.78 is 0. The predicted molar refractivity (Wildman–Crippen MR) is 146 cm³/mol. The first kappa shape index (κ1) is 24.5. The Labute approximate surface area is 217 Å². The largest absolute Gasteiger partial charge is 0.374 e. The van der Waals surface area contributed by atoms with E-state index in [1.165, 1.54) is 6.42 Å². The predicted octanol–water partition coefficient (Wildman–Crippen LogP) is 3.62. The zero-order valence-electron chi connectivity index (χ0n) is 21.1. The molecule has 2 heterocycles. The van der Waals surface area contributed by atoms with E-state index in [9.17, 15) is 9.59 Å². The summed E-state index contributed by atoms with van der Waals surface area (Å²) in [4.78, 5) is 37.1. The van der Waals surface area contributed by atoms with E-state index in [2.05, 4.69) is 37.6 Å². The lowest BCUT2D eigenvalue weighted by molar-refractivity contribution is -0.138. The number of nitrogens with one attached hydrogen (secondary N) is 2. The van der Waals surface area contributed by atoms with E-state index in [0.717, 1.165) is 67.3 Å². The lowest BCUT2D eigenvalue weighted by Gasteiger charge is -2.39. The van der Waals surface area contributed by atoms with Gasteiger partial charge in [0.15, 0.2) is 0 Å². The molecule has 3 aromatic rings. The topological polar surface area (TPSA) is 116 Å². The molecule has 2 aromatic carbocycles. The normalized spacial score (nSPS) is 16.6. The molecule has 1 aliphatic heterocycles. The van der Waals surface area contributed by atoms with Gasteiger partial charge in [0.2, 0.25) is 17.8 Å². The first-order chi connectivity index (χ1) is 18.0. The minimum atomic E-state index is -0.446. The lowest BCUT2D eigenvalue weighted by atomic mass is 9.84. The lowest BCUT2D eigenvalue weighted by Crippen LogP contribution is -2.51. The Balaban J connectivity index is 1.17. The monoisotopic (exact) mass is 499 g/mol. The van der Waals surface area contributed by atoms with Crippen molar-refractivity contribution in [2.45, 2.75) is 32.2 Å². The molecule has 0 radical (unpaired) electrons. The van der Waals surface area contributed by atoms with E-state index in [-0.39, 0.29) is 5.92 Å². The zero-order chi connectivity index (χ0) is 25.8. The van der Waals surface area contributed by atoms with Gasteiger partial charge in [-0.15, -0.1) is 0 Å². The molecule has 1 aliphatic carbocycles. The summed E-state index contributed by atoms with van der Waals surface area (Å²) in [7, 11) is 0. The van der Waals surface area contributed by atoms with E-state index in [1.807, 2.05) is 47.4 Å². The number of nitrogens with zero attached hydrogens (tertiary/aromatic N) is 4. The number of rotatable bonds is 8. The molecular weight excluding hydrogens is 466 g/mol. The Morgan fingerprint density at radius 3 is 2.24 bits per heavy atom. The van der Waals surface area contributed by atoms with Crippen LogP contribution in [0, 0.1) is 5.92 Å². The second kappa shape index (κ2) is 10.9. The van der Waals surface area contributed by atoms with Crippen molar-refractivity contribution < 1.29 is 9.59 Å². The molecule has 0 bridgehead atoms. The van der Waals surface area contributed by atoms with Gasteiger partial charge in [-0.3, -0.25) is 9.59 Å². The molecule has 2 fully saturated rings. The summed E-state index contributed by atoms with van der Waals surface area (Å²) in [5, 5.41) is 6.35. The van der Waals surface area contributed by atoms with Crippen LogP contribution in [-0.2, 0) is 9.59 Å². The fourth-order valence-electron chi connectivity index (χ4n) is 4.62. The van der Waals surface area contributed by atoms with Gasteiger partial charge >= 0.3 is 0 Å². The molecule has 192 valence electrons. The van der Waals surface area contributed by atoms with Gasteiger partial charge in [-0.05, 0) is 62.2 Å². The van der Waals surface area contributed by atoms with Crippen LogP contribution in [0.2, 0.25) is 0 Å². The van der Waals surface area contributed by atoms with Crippen LogP contribution in [0.25, 0.3) is 11.3 Å². The van der Waals surface area contributed by atoms with Crippen molar-refractivity contribution in [3.63, 3.8) is 0 Å². The second-order valence-corrected chi connectivity index (χ2v) is 9.72. The van der Waals surface area contributed by atoms with Gasteiger partial charge in [0, 0.05) is 60.9 Å². The van der Waals surface area contributed by atoms with Crippen molar-refractivity contribution in [3.05, 3.63) is 60.8 Å². The van der Waals surface area contributed by atoms with Crippen LogP contribution in [0.1, 0.15) is 26.2 Å². The summed E-state index contributed by atoms with van der Waals surface area (Å²) in [6, 6.07) is 17.3. The Hall–Kier alpha value is -4.14. The molecule has 0 unspecified atom stereocenters. The molecule has 2 aliphatic rings. The van der Waals surface area contributed by atoms with Crippen molar-refractivity contribution in [1.29, 1.82) is 0 Å². The van der Waals surface area contributed by atoms with Crippen LogP contribution in [-0.4, -0.2) is 58.9 Å². The number of hydrogen-bond donors (Lipinski definition) is 3. The molecule has 2 amide bonds. The van der Waals surface area contributed by atoms with Crippen molar-refractivity contribution >= 4 is 34.8 Å². The minimum absolute atomic E-state index is 0.270. The fraction of sp³-hybridized carbons (Fsp3) is 0.357. The van der Waals surface area contributed by atoms with Gasteiger partial charge in [-0.25, -0.2) is 9.97 Å². The van der Waals surface area contributed by atoms with Crippen LogP contribution in [0.5, 0.6) is 0 Å². The summed E-state index contributed by atoms with van der Waals surface area (Å²) in [5.41, 5.74) is 9.91. The van der Waals surface area contributed by atoms with E-state index < -0.39 is 11.9 Å². The first-order valence-electron chi connectivity index (χ1n) is 12.9. The number of anilines is 4. The van der Waals surface area contributed by atoms with Crippen molar-refractivity contribution in [3.8, 4) is 11.3 Å². The van der Waals surface area contributed by atoms with Gasteiger partial charge in [0.25, 0.3) is 0 Å². The van der Waals surface area contributed by atoms with Crippen LogP contribution < -0.4 is 21.3 Å². The van der Waals surface area contributed by atoms with Crippen molar-refractivity contribution in [2.24, 2.45) is 11.7 Å². The Morgan fingerprint density at radius 1 is 0.946 bits per heavy atom. The first-order valence-corrected chi connectivity index (χ1v) is 12.9. The highest BCUT2D eigenvalue weighted by Gasteiger charge is 2.31. The summed E-state index contributed by atoms with van der Waals surface area (Å²) in [6.07, 6.45) is 5.03. The van der Waals surface area contributed by atoms with Crippen LogP contribution >= 0.6 is 0 Å². The quantitative estimate of drug-likeness (QED) is 0.433. The maximum absolute atomic E-state index is 12.5. The number of primary amides is 1. The summed E-state index contributed by atoms with van der Waals surface area (Å²) >= 11 is 0. The SMILES string of the molecule is C[C@@H](Nc1ccc(-c2ccnc(Nc3ccc(N4CCN(C(=O)C5CCC5)CC4)cc3)n2)cc1)C(N)=O. The number of carbonyl (C=O) groups is 2. The highest BCUT2D eigenvalue weighted by atomic mass is 16.2. The number of amides is 2. The Kier molecular flexibility index (Phi) is 7.20. The Morgan fingerprint density at radius 2 is 1.62 bits per heavy atom. The van der Waals surface area contributed by atoms with Gasteiger partial charge in [0.1, 0.15) is 6.04 Å². The average molecular weight is 500 g/mol. The summed E-state index contributed by atoms with van der Waals surface area (Å²) in [6.45, 7) is 5.01. The van der Waals surface area contributed by atoms with Crippen molar-refractivity contribution in [1.82, 2.24) is 14.9 Å². The molecule has 37 heavy (non-hydrogen) atoms. The van der Waals surface area contributed by atoms with Crippen LogP contribution in [0.4, 0.5) is 23.0 Å². The van der Waals surface area contributed by atoms with Gasteiger partial charge in [-0.2, -0.15) is 0 Å². The fourth-order valence-corrected chi connectivity index (χ4v) is 4.62. The molecule has 9 nitrogen and oxygen atoms in total. The molecule has 5 rings (SSSR count). The van der Waals surface area contributed by atoms with E-state index in [1.54, 1.807) is 13.1 Å². The number of nitrogens with two attached hydrogens (primary N) is 1. The van der Waals surface area contributed by atoms with Crippen LogP contribution in [0.3, 0.4) is 0 Å². The molecule has 9 heteroatoms. The number of aromatic nitrogens is 2. The molecular formula is C28H33N7O2. The third-order valence-electron chi connectivity index (χ3n) is 7.18. The molecule has 1 saturated carbocycles. The minimum Gasteiger partial charge on any atom is -0.374 e. The average Bonchev–Trinajstić information content (AvgIpc) is 2.89. The molecule has 0 spiro atoms. The number of benzene rings is 2. The maximum atomic E-state index is 12.5. The molecule has 1 atom stereocenters. The van der Waals surface area contributed by atoms with Gasteiger partial charge < -0.3 is 26.2 Å².